The van der Waals surface area contributed by atoms with Crippen molar-refractivity contribution in [1.29, 1.82) is 0 Å². The number of benzene rings is 3. The molecule has 5 rings (SSSR count). The average molecular weight is 490 g/mol. The van der Waals surface area contributed by atoms with Crippen LogP contribution in [0.5, 0.6) is 0 Å². The van der Waals surface area contributed by atoms with Crippen LogP contribution in [0.2, 0.25) is 0 Å². The molecule has 0 fully saturated rings. The highest BCUT2D eigenvalue weighted by molar-refractivity contribution is 9.10. The van der Waals surface area contributed by atoms with Gasteiger partial charge in [0.15, 0.2) is 11.4 Å². The zero-order valence-corrected chi connectivity index (χ0v) is 18.8. The molecule has 3 aromatic carbocycles. The molecule has 0 heterocycles. The van der Waals surface area contributed by atoms with E-state index in [0.29, 0.717) is 16.7 Å². The maximum Gasteiger partial charge on any atom is 0.257 e. The van der Waals surface area contributed by atoms with Crippen LogP contribution in [-0.4, -0.2) is 21.9 Å². The van der Waals surface area contributed by atoms with Crippen molar-refractivity contribution < 1.29 is 14.8 Å². The Labute approximate surface area is 193 Å². The quantitative estimate of drug-likeness (QED) is 0.396. The molecular weight excluding hydrogens is 470 g/mol. The predicted molar refractivity (Wildman–Crippen MR) is 125 cm³/mol. The van der Waals surface area contributed by atoms with Gasteiger partial charge in [0.2, 0.25) is 0 Å². The lowest BCUT2D eigenvalue weighted by molar-refractivity contribution is -0.551. The normalized spacial score (nSPS) is 26.6. The summed E-state index contributed by atoms with van der Waals surface area (Å²) in [4.78, 5) is 25.7. The van der Waals surface area contributed by atoms with Crippen LogP contribution in [-0.2, 0) is 5.60 Å². The molecule has 4 atom stereocenters. The van der Waals surface area contributed by atoms with Gasteiger partial charge in [-0.25, -0.2) is 0 Å². The summed E-state index contributed by atoms with van der Waals surface area (Å²) in [7, 11) is 0. The Kier molecular flexibility index (Phi) is 4.87. The number of Topliss-reactive ketones (excluding diaryl/α,β-unsaturated/α-hetero) is 1. The van der Waals surface area contributed by atoms with Crippen molar-refractivity contribution in [3.8, 4) is 0 Å². The Hall–Kier alpha value is -3.09. The summed E-state index contributed by atoms with van der Waals surface area (Å²) in [5, 5.41) is 24.7. The summed E-state index contributed by atoms with van der Waals surface area (Å²) in [5.41, 5.74) is 0.942. The molecular formula is C26H20BrNO4. The van der Waals surface area contributed by atoms with Gasteiger partial charge in [-0.15, -0.1) is 0 Å². The van der Waals surface area contributed by atoms with Gasteiger partial charge in [-0.2, -0.15) is 0 Å². The number of fused-ring (bicyclic) bond motifs is 3. The number of aliphatic hydroxyl groups is 1. The van der Waals surface area contributed by atoms with Crippen LogP contribution < -0.4 is 0 Å². The molecule has 6 heteroatoms. The van der Waals surface area contributed by atoms with Crippen molar-refractivity contribution in [2.75, 3.05) is 0 Å². The minimum Gasteiger partial charge on any atom is -0.374 e. The lowest BCUT2D eigenvalue weighted by Gasteiger charge is -2.42. The van der Waals surface area contributed by atoms with E-state index in [1.54, 1.807) is 24.3 Å². The van der Waals surface area contributed by atoms with Crippen LogP contribution in [0.1, 0.15) is 39.9 Å². The summed E-state index contributed by atoms with van der Waals surface area (Å²) in [6.07, 6.45) is 0. The number of nitrogens with zero attached hydrogens (tertiary/aromatic N) is 1. The summed E-state index contributed by atoms with van der Waals surface area (Å²) >= 11 is 3.44. The highest BCUT2D eigenvalue weighted by atomic mass is 79.9. The highest BCUT2D eigenvalue weighted by Crippen LogP contribution is 2.58. The van der Waals surface area contributed by atoms with Crippen LogP contribution in [0.15, 0.2) is 88.9 Å². The SMILES string of the molecule is C[C@@H]1C(c2ccc(Br)cc2)=C2C(=O)c3ccccc3[C@@]2(O)[C@H]([N+](=O)[O-])[C@H]1c1ccccc1. The van der Waals surface area contributed by atoms with Crippen LogP contribution >= 0.6 is 15.9 Å². The Bertz CT molecular complexity index is 1270. The predicted octanol–water partition coefficient (Wildman–Crippen LogP) is 5.37. The van der Waals surface area contributed by atoms with Crippen molar-refractivity contribution >= 4 is 27.3 Å². The van der Waals surface area contributed by atoms with Gasteiger partial charge in [0.25, 0.3) is 6.04 Å². The molecule has 0 unspecified atom stereocenters. The fourth-order valence-corrected chi connectivity index (χ4v) is 5.76. The second-order valence-electron chi connectivity index (χ2n) is 8.39. The zero-order valence-electron chi connectivity index (χ0n) is 17.2. The fourth-order valence-electron chi connectivity index (χ4n) is 5.50. The van der Waals surface area contributed by atoms with Gasteiger partial charge in [-0.05, 0) is 34.8 Å². The van der Waals surface area contributed by atoms with Gasteiger partial charge in [-0.3, -0.25) is 14.9 Å². The smallest absolute Gasteiger partial charge is 0.257 e. The van der Waals surface area contributed by atoms with E-state index in [0.717, 1.165) is 15.6 Å². The third kappa shape index (κ3) is 2.83. The number of halogens is 1. The summed E-state index contributed by atoms with van der Waals surface area (Å²) in [5.74, 6) is -1.34. The summed E-state index contributed by atoms with van der Waals surface area (Å²) in [6.45, 7) is 1.91. The Balaban J connectivity index is 1.89. The van der Waals surface area contributed by atoms with Gasteiger partial charge in [0.1, 0.15) is 0 Å². The molecule has 0 spiro atoms. The van der Waals surface area contributed by atoms with Gasteiger partial charge < -0.3 is 5.11 Å². The summed E-state index contributed by atoms with van der Waals surface area (Å²) < 4.78 is 0.884. The summed E-state index contributed by atoms with van der Waals surface area (Å²) in [6, 6.07) is 22.1. The van der Waals surface area contributed by atoms with Gasteiger partial charge >= 0.3 is 0 Å². The minimum atomic E-state index is -2.02. The minimum absolute atomic E-state index is 0.127. The fraction of sp³-hybridized carbons (Fsp3) is 0.192. The number of ketones is 1. The molecule has 0 saturated carbocycles. The number of allylic oxidation sites excluding steroid dienone is 1. The number of hydrogen-bond acceptors (Lipinski definition) is 4. The van der Waals surface area contributed by atoms with Crippen molar-refractivity contribution in [1.82, 2.24) is 0 Å². The van der Waals surface area contributed by atoms with E-state index in [1.807, 2.05) is 61.5 Å². The number of nitro groups is 1. The monoisotopic (exact) mass is 489 g/mol. The zero-order chi connectivity index (χ0) is 22.6. The molecule has 2 aliphatic rings. The van der Waals surface area contributed by atoms with Crippen molar-refractivity contribution in [3.05, 3.63) is 121 Å². The lowest BCUT2D eigenvalue weighted by Crippen LogP contribution is -2.53. The molecule has 160 valence electrons. The van der Waals surface area contributed by atoms with E-state index >= 15 is 0 Å². The van der Waals surface area contributed by atoms with Crippen molar-refractivity contribution in [2.24, 2.45) is 5.92 Å². The van der Waals surface area contributed by atoms with Crippen molar-refractivity contribution in [3.63, 3.8) is 0 Å². The van der Waals surface area contributed by atoms with Gasteiger partial charge in [0.05, 0.1) is 5.92 Å². The van der Waals surface area contributed by atoms with Crippen LogP contribution in [0, 0.1) is 16.0 Å². The molecule has 0 radical (unpaired) electrons. The first kappa shape index (κ1) is 20.8. The number of carbonyl (C=O) groups excluding carboxylic acids is 1. The van der Waals surface area contributed by atoms with E-state index in [9.17, 15) is 20.0 Å². The van der Waals surface area contributed by atoms with Crippen molar-refractivity contribution in [2.45, 2.75) is 24.5 Å². The maximum absolute atomic E-state index is 13.6. The molecule has 0 aromatic heterocycles. The number of carbonyl (C=O) groups is 1. The molecule has 3 aromatic rings. The average Bonchev–Trinajstić information content (AvgIpc) is 3.02. The highest BCUT2D eigenvalue weighted by Gasteiger charge is 2.65. The largest absolute Gasteiger partial charge is 0.374 e. The first-order valence-corrected chi connectivity index (χ1v) is 11.2. The molecule has 32 heavy (non-hydrogen) atoms. The second kappa shape index (κ2) is 7.50. The Morgan fingerprint density at radius 3 is 2.25 bits per heavy atom. The first-order valence-electron chi connectivity index (χ1n) is 10.4. The molecule has 0 amide bonds. The molecule has 5 nitrogen and oxygen atoms in total. The number of rotatable bonds is 3. The molecule has 0 saturated heterocycles. The first-order chi connectivity index (χ1) is 15.4. The van der Waals surface area contributed by atoms with Crippen LogP contribution in [0.3, 0.4) is 0 Å². The Morgan fingerprint density at radius 2 is 1.59 bits per heavy atom. The topological polar surface area (TPSA) is 80.4 Å². The Morgan fingerprint density at radius 1 is 0.969 bits per heavy atom. The van der Waals surface area contributed by atoms with Crippen LogP contribution in [0.4, 0.5) is 0 Å². The van der Waals surface area contributed by atoms with Gasteiger partial charge in [0, 0.05) is 26.1 Å². The lowest BCUT2D eigenvalue weighted by atomic mass is 9.62. The third-order valence-electron chi connectivity index (χ3n) is 6.79. The maximum atomic E-state index is 13.6. The molecule has 0 aliphatic heterocycles. The third-order valence-corrected chi connectivity index (χ3v) is 7.32. The number of hydrogen-bond donors (Lipinski definition) is 1. The second-order valence-corrected chi connectivity index (χ2v) is 9.31. The molecule has 0 bridgehead atoms. The van der Waals surface area contributed by atoms with E-state index in [4.69, 9.17) is 0 Å². The molecule has 1 N–H and O–H groups in total. The van der Waals surface area contributed by atoms with E-state index in [-0.39, 0.29) is 17.3 Å². The van der Waals surface area contributed by atoms with E-state index < -0.39 is 22.5 Å². The van der Waals surface area contributed by atoms with E-state index in [2.05, 4.69) is 15.9 Å². The standard InChI is InChI=1S/C26H20BrNO4/c1-15-21(17-11-13-18(27)14-12-17)23-24(29)19-9-5-6-10-20(19)26(23,30)25(28(31)32)22(15)16-7-3-2-4-8-16/h2-15,22,25,30H,1H3/t15-,22-,25-,26+/m1/s1. The van der Waals surface area contributed by atoms with E-state index in [1.165, 1.54) is 0 Å². The van der Waals surface area contributed by atoms with Gasteiger partial charge in [-0.1, -0.05) is 89.6 Å². The molecule has 2 aliphatic carbocycles. The van der Waals surface area contributed by atoms with Crippen LogP contribution in [0.25, 0.3) is 5.57 Å².